The van der Waals surface area contributed by atoms with Crippen molar-refractivity contribution in [3.63, 3.8) is 0 Å². The first-order valence-electron chi connectivity index (χ1n) is 11.6. The standard InChI is InChI=1S/C26H33N5O3S/c1-16(2)18-7-11-20(12-8-18)27-22(32)15-35-26-30-29-24(31(26)5)23(17(3)4)28-25(33)19-9-13-21(34-6)14-10-19/h7-14,16-17,23H,15H2,1-6H3,(H,27,32)(H,28,33)/t23-/m0/s1. The number of nitrogens with zero attached hydrogens (tertiary/aromatic N) is 3. The number of nitrogens with one attached hydrogen (secondary N) is 2. The van der Waals surface area contributed by atoms with Crippen LogP contribution in [-0.4, -0.2) is 39.4 Å². The van der Waals surface area contributed by atoms with E-state index in [-0.39, 0.29) is 29.5 Å². The van der Waals surface area contributed by atoms with E-state index in [0.29, 0.717) is 28.2 Å². The molecule has 3 aromatic rings. The molecule has 0 aliphatic carbocycles. The highest BCUT2D eigenvalue weighted by atomic mass is 32.2. The van der Waals surface area contributed by atoms with Crippen LogP contribution in [0.1, 0.15) is 61.4 Å². The largest absolute Gasteiger partial charge is 0.497 e. The molecule has 186 valence electrons. The highest BCUT2D eigenvalue weighted by Gasteiger charge is 2.25. The molecule has 35 heavy (non-hydrogen) atoms. The molecular weight excluding hydrogens is 462 g/mol. The smallest absolute Gasteiger partial charge is 0.251 e. The van der Waals surface area contributed by atoms with Crippen molar-refractivity contribution in [1.29, 1.82) is 0 Å². The first-order chi connectivity index (χ1) is 16.7. The van der Waals surface area contributed by atoms with Gasteiger partial charge in [0.1, 0.15) is 5.75 Å². The van der Waals surface area contributed by atoms with Gasteiger partial charge in [-0.3, -0.25) is 9.59 Å². The fourth-order valence-corrected chi connectivity index (χ4v) is 4.22. The number of anilines is 1. The Bertz CT molecular complexity index is 1140. The lowest BCUT2D eigenvalue weighted by molar-refractivity contribution is -0.113. The number of benzene rings is 2. The van der Waals surface area contributed by atoms with Crippen molar-refractivity contribution < 1.29 is 14.3 Å². The number of thioether (sulfide) groups is 1. The first-order valence-corrected chi connectivity index (χ1v) is 12.5. The second kappa shape index (κ2) is 11.9. The summed E-state index contributed by atoms with van der Waals surface area (Å²) < 4.78 is 6.99. The first kappa shape index (κ1) is 26.3. The maximum absolute atomic E-state index is 12.8. The molecule has 8 nitrogen and oxygen atoms in total. The van der Waals surface area contributed by atoms with Crippen molar-refractivity contribution in [3.8, 4) is 5.75 Å². The van der Waals surface area contributed by atoms with E-state index in [1.807, 2.05) is 49.7 Å². The van der Waals surface area contributed by atoms with E-state index in [4.69, 9.17) is 4.74 Å². The van der Waals surface area contributed by atoms with Gasteiger partial charge in [-0.15, -0.1) is 10.2 Å². The Morgan fingerprint density at radius 2 is 1.66 bits per heavy atom. The van der Waals surface area contributed by atoms with E-state index in [1.165, 1.54) is 17.3 Å². The monoisotopic (exact) mass is 495 g/mol. The zero-order valence-corrected chi connectivity index (χ0v) is 21.8. The molecule has 0 fully saturated rings. The average molecular weight is 496 g/mol. The second-order valence-electron chi connectivity index (χ2n) is 8.94. The van der Waals surface area contributed by atoms with Crippen molar-refractivity contribution in [3.05, 3.63) is 65.5 Å². The van der Waals surface area contributed by atoms with Gasteiger partial charge in [0, 0.05) is 18.3 Å². The number of carbonyl (C=O) groups excluding carboxylic acids is 2. The zero-order valence-electron chi connectivity index (χ0n) is 21.0. The number of carbonyl (C=O) groups is 2. The van der Waals surface area contributed by atoms with Crippen molar-refractivity contribution >= 4 is 29.3 Å². The van der Waals surface area contributed by atoms with Crippen LogP contribution >= 0.6 is 11.8 Å². The van der Waals surface area contributed by atoms with Gasteiger partial charge in [-0.2, -0.15) is 0 Å². The molecule has 0 spiro atoms. The third kappa shape index (κ3) is 6.85. The van der Waals surface area contributed by atoms with Crippen molar-refractivity contribution in [1.82, 2.24) is 20.1 Å². The zero-order chi connectivity index (χ0) is 25.5. The quantitative estimate of drug-likeness (QED) is 0.392. The summed E-state index contributed by atoms with van der Waals surface area (Å²) in [6.07, 6.45) is 0. The molecule has 1 atom stereocenters. The molecule has 0 radical (unpaired) electrons. The SMILES string of the molecule is COc1ccc(C(=O)N[C@H](c2nnc(SCC(=O)Nc3ccc(C(C)C)cc3)n2C)C(C)C)cc1. The van der Waals surface area contributed by atoms with E-state index >= 15 is 0 Å². The van der Waals surface area contributed by atoms with E-state index in [1.54, 1.807) is 31.4 Å². The minimum atomic E-state index is -0.343. The molecule has 0 aliphatic rings. The molecule has 3 rings (SSSR count). The van der Waals surface area contributed by atoms with Crippen molar-refractivity contribution in [2.24, 2.45) is 13.0 Å². The van der Waals surface area contributed by atoms with Crippen LogP contribution in [0.2, 0.25) is 0 Å². The van der Waals surface area contributed by atoms with E-state index in [2.05, 4.69) is 34.7 Å². The summed E-state index contributed by atoms with van der Waals surface area (Å²) in [5, 5.41) is 15.2. The molecule has 2 amide bonds. The van der Waals surface area contributed by atoms with E-state index < -0.39 is 0 Å². The van der Waals surface area contributed by atoms with Gasteiger partial charge in [0.15, 0.2) is 11.0 Å². The molecular formula is C26H33N5O3S. The highest BCUT2D eigenvalue weighted by Crippen LogP contribution is 2.25. The van der Waals surface area contributed by atoms with Crippen LogP contribution in [-0.2, 0) is 11.8 Å². The van der Waals surface area contributed by atoms with Crippen LogP contribution < -0.4 is 15.4 Å². The highest BCUT2D eigenvalue weighted by molar-refractivity contribution is 7.99. The van der Waals surface area contributed by atoms with Crippen LogP contribution in [0.4, 0.5) is 5.69 Å². The summed E-state index contributed by atoms with van der Waals surface area (Å²) in [5.41, 5.74) is 2.52. The summed E-state index contributed by atoms with van der Waals surface area (Å²) in [6, 6.07) is 14.5. The minimum absolute atomic E-state index is 0.0788. The fraction of sp³-hybridized carbons (Fsp3) is 0.385. The second-order valence-corrected chi connectivity index (χ2v) is 9.88. The summed E-state index contributed by atoms with van der Waals surface area (Å²) in [7, 11) is 3.43. The van der Waals surface area contributed by atoms with Crippen LogP contribution in [0.3, 0.4) is 0 Å². The fourth-order valence-electron chi connectivity index (χ4n) is 3.50. The van der Waals surface area contributed by atoms with Crippen molar-refractivity contribution in [2.45, 2.75) is 44.8 Å². The molecule has 2 N–H and O–H groups in total. The van der Waals surface area contributed by atoms with E-state index in [0.717, 1.165) is 5.69 Å². The topological polar surface area (TPSA) is 98.1 Å². The Labute approximate surface area is 210 Å². The average Bonchev–Trinajstić information content (AvgIpc) is 3.21. The molecule has 0 aliphatic heterocycles. The Balaban J connectivity index is 1.63. The summed E-state index contributed by atoms with van der Waals surface area (Å²) in [4.78, 5) is 25.3. The third-order valence-electron chi connectivity index (χ3n) is 5.65. The van der Waals surface area contributed by atoms with Crippen LogP contribution in [0, 0.1) is 5.92 Å². The Morgan fingerprint density at radius 3 is 2.23 bits per heavy atom. The molecule has 0 bridgehead atoms. The van der Waals surface area contributed by atoms with Gasteiger partial charge in [-0.1, -0.05) is 51.6 Å². The Hall–Kier alpha value is -3.33. The number of methoxy groups -OCH3 is 1. The predicted octanol–water partition coefficient (Wildman–Crippen LogP) is 4.81. The maximum atomic E-state index is 12.8. The van der Waals surface area contributed by atoms with Crippen molar-refractivity contribution in [2.75, 3.05) is 18.2 Å². The lowest BCUT2D eigenvalue weighted by Gasteiger charge is -2.21. The number of amides is 2. The molecule has 0 unspecified atom stereocenters. The molecule has 1 heterocycles. The van der Waals surface area contributed by atoms with E-state index in [9.17, 15) is 9.59 Å². The molecule has 0 saturated carbocycles. The van der Waals surface area contributed by atoms with Crippen LogP contribution in [0.25, 0.3) is 0 Å². The molecule has 0 saturated heterocycles. The Morgan fingerprint density at radius 1 is 1.00 bits per heavy atom. The van der Waals surface area contributed by atoms with Crippen LogP contribution in [0.15, 0.2) is 53.7 Å². The number of ether oxygens (including phenoxy) is 1. The molecule has 2 aromatic carbocycles. The van der Waals surface area contributed by atoms with Gasteiger partial charge in [0.2, 0.25) is 5.91 Å². The Kier molecular flexibility index (Phi) is 8.92. The molecule has 9 heteroatoms. The number of aromatic nitrogens is 3. The minimum Gasteiger partial charge on any atom is -0.497 e. The van der Waals surface area contributed by atoms with Gasteiger partial charge in [-0.25, -0.2) is 0 Å². The van der Waals surface area contributed by atoms with Gasteiger partial charge >= 0.3 is 0 Å². The van der Waals surface area contributed by atoms with Gasteiger partial charge in [0.05, 0.1) is 18.9 Å². The third-order valence-corrected chi connectivity index (χ3v) is 6.67. The summed E-state index contributed by atoms with van der Waals surface area (Å²) in [5.74, 6) is 1.72. The van der Waals surface area contributed by atoms with Gasteiger partial charge < -0.3 is 19.9 Å². The predicted molar refractivity (Wildman–Crippen MR) is 139 cm³/mol. The number of rotatable bonds is 10. The number of hydrogen-bond donors (Lipinski definition) is 2. The lowest BCUT2D eigenvalue weighted by Crippen LogP contribution is -2.33. The number of hydrogen-bond acceptors (Lipinski definition) is 6. The molecule has 1 aromatic heterocycles. The van der Waals surface area contributed by atoms with Gasteiger partial charge in [0.25, 0.3) is 5.91 Å². The summed E-state index contributed by atoms with van der Waals surface area (Å²) in [6.45, 7) is 8.29. The van der Waals surface area contributed by atoms with Crippen LogP contribution in [0.5, 0.6) is 5.75 Å². The maximum Gasteiger partial charge on any atom is 0.251 e. The normalized spacial score (nSPS) is 12.0. The van der Waals surface area contributed by atoms with Gasteiger partial charge in [-0.05, 0) is 53.8 Å². The lowest BCUT2D eigenvalue weighted by atomic mass is 10.0. The summed E-state index contributed by atoms with van der Waals surface area (Å²) >= 11 is 1.30.